The second-order valence-electron chi connectivity index (χ2n) is 12.7. The van der Waals surface area contributed by atoms with Gasteiger partial charge in [0.15, 0.2) is 12.4 Å². The topological polar surface area (TPSA) is 107 Å². The minimum absolute atomic E-state index is 0.0777. The lowest BCUT2D eigenvalue weighted by Gasteiger charge is -2.42. The van der Waals surface area contributed by atoms with Gasteiger partial charge in [0.2, 0.25) is 0 Å². The number of alkyl halides is 2. The molecule has 13 heteroatoms. The van der Waals surface area contributed by atoms with Gasteiger partial charge in [-0.15, -0.1) is 6.42 Å². The summed E-state index contributed by atoms with van der Waals surface area (Å²) < 4.78 is 61.0. The molecule has 2 aromatic heterocycles. The lowest BCUT2D eigenvalue weighted by molar-refractivity contribution is -0.145. The summed E-state index contributed by atoms with van der Waals surface area (Å²) >= 11 is 0. The predicted octanol–water partition coefficient (Wildman–Crippen LogP) is 6.43. The van der Waals surface area contributed by atoms with Crippen LogP contribution in [0.5, 0.6) is 6.01 Å². The van der Waals surface area contributed by atoms with Crippen LogP contribution in [0.15, 0.2) is 36.5 Å². The number of nitrogens with zero attached hydrogens (tertiary/aromatic N) is 5. The molecule has 2 aliphatic heterocycles. The van der Waals surface area contributed by atoms with Crippen molar-refractivity contribution < 1.29 is 37.0 Å². The van der Waals surface area contributed by atoms with Crippen LogP contribution in [0, 0.1) is 18.2 Å². The van der Waals surface area contributed by atoms with Gasteiger partial charge in [0.05, 0.1) is 24.1 Å². The Balaban J connectivity index is 1.47. The summed E-state index contributed by atoms with van der Waals surface area (Å²) in [6.45, 7) is 7.39. The highest BCUT2D eigenvalue weighted by molar-refractivity contribution is 6.02. The Hall–Kier alpha value is -5.12. The van der Waals surface area contributed by atoms with Gasteiger partial charge in [-0.25, -0.2) is 22.8 Å². The van der Waals surface area contributed by atoms with Crippen molar-refractivity contribution in [2.24, 2.45) is 0 Å². The summed E-state index contributed by atoms with van der Waals surface area (Å²) in [5.41, 5.74) is -0.969. The minimum Gasteiger partial charge on any atom is -0.463 e. The van der Waals surface area contributed by atoms with E-state index in [1.165, 1.54) is 18.3 Å². The van der Waals surface area contributed by atoms with Crippen LogP contribution in [0.2, 0.25) is 0 Å². The Morgan fingerprint density at radius 3 is 2.50 bits per heavy atom. The highest BCUT2D eigenvalue weighted by Gasteiger charge is 2.45. The van der Waals surface area contributed by atoms with E-state index in [0.29, 0.717) is 29.4 Å². The first-order valence-corrected chi connectivity index (χ1v) is 15.6. The maximum Gasteiger partial charge on any atom is 0.410 e. The molecule has 0 unspecified atom stereocenters. The highest BCUT2D eigenvalue weighted by Crippen LogP contribution is 2.40. The molecule has 0 radical (unpaired) electrons. The van der Waals surface area contributed by atoms with Gasteiger partial charge in [-0.05, 0) is 64.1 Å². The number of benzene rings is 2. The standard InChI is InChI=1S/C35H34F3N5O5/c1-6-19-9-8-10-20-13-21(31(37)38)14-24(27(19)20)29-28(36)30-25(15-39-29)32(41-33(40-30)47-18-26(44)46-7-2)42-16-22-11-12-23(17-42)43(22)34(45)48-35(3,4)5/h1,8-10,13-15,22-23,31H,7,11-12,16-18H2,2-5H3/t22-,23+. The molecule has 2 bridgehead atoms. The number of ether oxygens (including phenoxy) is 3. The lowest BCUT2D eigenvalue weighted by Crippen LogP contribution is -2.57. The number of carbonyl (C=O) groups excluding carboxylic acids is 2. The van der Waals surface area contributed by atoms with Gasteiger partial charge in [-0.1, -0.05) is 18.1 Å². The van der Waals surface area contributed by atoms with Crippen LogP contribution in [-0.4, -0.2) is 75.9 Å². The van der Waals surface area contributed by atoms with Crippen molar-refractivity contribution in [3.05, 3.63) is 53.5 Å². The summed E-state index contributed by atoms with van der Waals surface area (Å²) in [5.74, 6) is 1.26. The van der Waals surface area contributed by atoms with Gasteiger partial charge in [-0.3, -0.25) is 9.88 Å². The van der Waals surface area contributed by atoms with E-state index in [4.69, 9.17) is 20.6 Å². The average Bonchev–Trinajstić information content (AvgIpc) is 3.31. The molecular formula is C35H34F3N5O5. The largest absolute Gasteiger partial charge is 0.463 e. The molecule has 2 saturated heterocycles. The first-order valence-electron chi connectivity index (χ1n) is 15.6. The number of hydrogen-bond acceptors (Lipinski definition) is 9. The number of piperazine rings is 1. The third-order valence-corrected chi connectivity index (χ3v) is 8.32. The van der Waals surface area contributed by atoms with Crippen molar-refractivity contribution in [2.75, 3.05) is 31.2 Å². The molecule has 2 aromatic carbocycles. The smallest absolute Gasteiger partial charge is 0.410 e. The second kappa shape index (κ2) is 12.8. The number of esters is 1. The van der Waals surface area contributed by atoms with Crippen LogP contribution < -0.4 is 9.64 Å². The summed E-state index contributed by atoms with van der Waals surface area (Å²) in [5, 5.41) is 1.02. The van der Waals surface area contributed by atoms with Crippen LogP contribution in [0.4, 0.5) is 23.8 Å². The summed E-state index contributed by atoms with van der Waals surface area (Å²) in [7, 11) is 0. The van der Waals surface area contributed by atoms with Gasteiger partial charge in [0, 0.05) is 41.4 Å². The SMILES string of the molecule is C#Cc1cccc2cc(C(F)F)cc(-c3ncc4c(N5C[C@H]6CC[C@@H](C5)N6C(=O)OC(C)(C)C)nc(OCC(=O)OCC)nc4c3F)c12. The van der Waals surface area contributed by atoms with Crippen LogP contribution in [-0.2, 0) is 14.3 Å². The summed E-state index contributed by atoms with van der Waals surface area (Å²) in [6, 6.07) is 6.71. The number of carbonyl (C=O) groups is 2. The van der Waals surface area contributed by atoms with Gasteiger partial charge >= 0.3 is 18.1 Å². The van der Waals surface area contributed by atoms with Crippen LogP contribution in [0.1, 0.15) is 58.1 Å². The summed E-state index contributed by atoms with van der Waals surface area (Å²) in [4.78, 5) is 42.2. The third-order valence-electron chi connectivity index (χ3n) is 8.32. The van der Waals surface area contributed by atoms with E-state index in [-0.39, 0.29) is 58.2 Å². The molecule has 1 amide bonds. The van der Waals surface area contributed by atoms with E-state index < -0.39 is 36.5 Å². The molecule has 2 atom stereocenters. The fraction of sp³-hybridized carbons (Fsp3) is 0.400. The van der Waals surface area contributed by atoms with Crippen molar-refractivity contribution in [1.29, 1.82) is 0 Å². The Morgan fingerprint density at radius 2 is 1.85 bits per heavy atom. The van der Waals surface area contributed by atoms with Gasteiger partial charge < -0.3 is 19.1 Å². The highest BCUT2D eigenvalue weighted by atomic mass is 19.3. The van der Waals surface area contributed by atoms with E-state index >= 15 is 4.39 Å². The Kier molecular flexibility index (Phi) is 8.76. The van der Waals surface area contributed by atoms with Crippen LogP contribution in [0.25, 0.3) is 32.9 Å². The Labute approximate surface area is 275 Å². The van der Waals surface area contributed by atoms with Crippen molar-refractivity contribution in [3.8, 4) is 29.6 Å². The van der Waals surface area contributed by atoms with Gasteiger partial charge in [0.25, 0.3) is 6.43 Å². The van der Waals surface area contributed by atoms with Gasteiger partial charge in [0.1, 0.15) is 22.6 Å². The number of terminal acetylenes is 1. The number of rotatable bonds is 7. The maximum atomic E-state index is 16.8. The quantitative estimate of drug-likeness (QED) is 0.164. The normalized spacial score (nSPS) is 17.6. The first-order chi connectivity index (χ1) is 22.9. The fourth-order valence-electron chi connectivity index (χ4n) is 6.41. The molecule has 48 heavy (non-hydrogen) atoms. The zero-order chi connectivity index (χ0) is 34.3. The average molecular weight is 662 g/mol. The lowest BCUT2D eigenvalue weighted by atomic mass is 9.94. The van der Waals surface area contributed by atoms with Crippen molar-refractivity contribution in [3.63, 3.8) is 0 Å². The van der Waals surface area contributed by atoms with E-state index in [9.17, 15) is 18.4 Å². The summed E-state index contributed by atoms with van der Waals surface area (Å²) in [6.07, 6.45) is 5.37. The number of amides is 1. The molecule has 250 valence electrons. The monoisotopic (exact) mass is 661 g/mol. The molecule has 0 aliphatic carbocycles. The van der Waals surface area contributed by atoms with Gasteiger partial charge in [-0.2, -0.15) is 9.97 Å². The van der Waals surface area contributed by atoms with E-state index in [2.05, 4.69) is 20.9 Å². The molecule has 10 nitrogen and oxygen atoms in total. The third kappa shape index (κ3) is 6.26. The second-order valence-corrected chi connectivity index (χ2v) is 12.7. The van der Waals surface area contributed by atoms with Crippen molar-refractivity contribution in [1.82, 2.24) is 19.9 Å². The molecular weight excluding hydrogens is 627 g/mol. The molecule has 2 aliphatic rings. The molecule has 2 fully saturated rings. The molecule has 0 spiro atoms. The molecule has 0 saturated carbocycles. The number of halogens is 3. The Bertz CT molecular complexity index is 1940. The molecule has 4 aromatic rings. The maximum absolute atomic E-state index is 16.8. The number of aromatic nitrogens is 3. The van der Waals surface area contributed by atoms with E-state index in [1.54, 1.807) is 30.0 Å². The number of pyridine rings is 1. The molecule has 0 N–H and O–H groups in total. The molecule has 6 rings (SSSR count). The van der Waals surface area contributed by atoms with Crippen molar-refractivity contribution >= 4 is 39.6 Å². The predicted molar refractivity (Wildman–Crippen MR) is 172 cm³/mol. The number of anilines is 1. The Morgan fingerprint density at radius 1 is 1.12 bits per heavy atom. The molecule has 4 heterocycles. The number of hydrogen-bond donors (Lipinski definition) is 0. The van der Waals surface area contributed by atoms with Crippen molar-refractivity contribution in [2.45, 2.75) is 64.6 Å². The van der Waals surface area contributed by atoms with E-state index in [1.807, 2.05) is 25.7 Å². The van der Waals surface area contributed by atoms with E-state index in [0.717, 1.165) is 12.8 Å². The zero-order valence-corrected chi connectivity index (χ0v) is 26.9. The first kappa shape index (κ1) is 32.8. The minimum atomic E-state index is -2.84. The number of fused-ring (bicyclic) bond motifs is 4. The fourth-order valence-corrected chi connectivity index (χ4v) is 6.41. The van der Waals surface area contributed by atoms with Crippen LogP contribution >= 0.6 is 0 Å². The van der Waals surface area contributed by atoms with Crippen LogP contribution in [0.3, 0.4) is 0 Å². The zero-order valence-electron chi connectivity index (χ0n) is 26.9.